The van der Waals surface area contributed by atoms with Crippen LogP contribution in [0.4, 0.5) is 0 Å². The monoisotopic (exact) mass is 318 g/mol. The van der Waals surface area contributed by atoms with Gasteiger partial charge in [-0.2, -0.15) is 0 Å². The lowest BCUT2D eigenvalue weighted by Gasteiger charge is -2.07. The molecule has 0 fully saturated rings. The Hall–Kier alpha value is -0.980. The Bertz CT molecular complexity index is 372. The molecule has 0 heterocycles. The highest BCUT2D eigenvalue weighted by Crippen LogP contribution is 2.14. The van der Waals surface area contributed by atoms with Crippen molar-refractivity contribution in [3.63, 3.8) is 0 Å². The summed E-state index contributed by atoms with van der Waals surface area (Å²) in [5.41, 5.74) is 1.27. The molecule has 0 atom stereocenters. The lowest BCUT2D eigenvalue weighted by Crippen LogP contribution is -1.97. The lowest BCUT2D eigenvalue weighted by atomic mass is 10.0. The highest BCUT2D eigenvalue weighted by Gasteiger charge is 1.96. The summed E-state index contributed by atoms with van der Waals surface area (Å²) in [6.07, 6.45) is 18.2. The van der Waals surface area contributed by atoms with Crippen molar-refractivity contribution in [2.45, 2.75) is 97.3 Å². The summed E-state index contributed by atoms with van der Waals surface area (Å²) >= 11 is 0. The van der Waals surface area contributed by atoms with Gasteiger partial charge in [0.15, 0.2) is 0 Å². The predicted molar refractivity (Wildman–Crippen MR) is 102 cm³/mol. The van der Waals surface area contributed by atoms with Crippen LogP contribution in [0, 0.1) is 6.92 Å². The quantitative estimate of drug-likeness (QED) is 0.305. The number of unbranched alkanes of at least 4 members (excludes halogenated alkanes) is 12. The van der Waals surface area contributed by atoms with E-state index in [4.69, 9.17) is 4.74 Å². The van der Waals surface area contributed by atoms with Gasteiger partial charge in [-0.3, -0.25) is 0 Å². The minimum atomic E-state index is 0.862. The summed E-state index contributed by atoms with van der Waals surface area (Å²) in [6.45, 7) is 5.26. The minimum Gasteiger partial charge on any atom is -0.494 e. The van der Waals surface area contributed by atoms with Crippen LogP contribution in [0.2, 0.25) is 0 Å². The van der Waals surface area contributed by atoms with Gasteiger partial charge in [0, 0.05) is 0 Å². The second-order valence-corrected chi connectivity index (χ2v) is 6.91. The molecule has 0 N–H and O–H groups in total. The topological polar surface area (TPSA) is 9.23 Å². The van der Waals surface area contributed by atoms with E-state index in [1.54, 1.807) is 0 Å². The van der Waals surface area contributed by atoms with Gasteiger partial charge in [0.25, 0.3) is 0 Å². The molecule has 0 unspecified atom stereocenters. The van der Waals surface area contributed by atoms with E-state index in [-0.39, 0.29) is 0 Å². The number of hydrogen-bond donors (Lipinski definition) is 0. The van der Waals surface area contributed by atoms with E-state index in [0.717, 1.165) is 12.4 Å². The van der Waals surface area contributed by atoms with Gasteiger partial charge in [0.1, 0.15) is 5.75 Å². The maximum absolute atomic E-state index is 5.79. The molecule has 0 radical (unpaired) electrons. The van der Waals surface area contributed by atoms with Crippen molar-refractivity contribution in [1.29, 1.82) is 0 Å². The van der Waals surface area contributed by atoms with Gasteiger partial charge in [0.05, 0.1) is 6.61 Å². The molecule has 23 heavy (non-hydrogen) atoms. The summed E-state index contributed by atoms with van der Waals surface area (Å²) in [7, 11) is 0. The van der Waals surface area contributed by atoms with E-state index in [9.17, 15) is 0 Å². The number of ether oxygens (including phenoxy) is 1. The van der Waals surface area contributed by atoms with Gasteiger partial charge in [-0.25, -0.2) is 0 Å². The van der Waals surface area contributed by atoms with Crippen LogP contribution < -0.4 is 4.74 Å². The Morgan fingerprint density at radius 3 is 1.74 bits per heavy atom. The molecule has 132 valence electrons. The van der Waals surface area contributed by atoms with Crippen LogP contribution in [0.15, 0.2) is 24.3 Å². The third kappa shape index (κ3) is 12.1. The van der Waals surface area contributed by atoms with Crippen LogP contribution in [-0.2, 0) is 0 Å². The molecule has 1 nitrogen and oxygen atoms in total. The smallest absolute Gasteiger partial charge is 0.119 e. The third-order valence-corrected chi connectivity index (χ3v) is 4.51. The second-order valence-electron chi connectivity index (χ2n) is 6.91. The molecule has 0 saturated heterocycles. The van der Waals surface area contributed by atoms with E-state index >= 15 is 0 Å². The van der Waals surface area contributed by atoms with Gasteiger partial charge in [0.2, 0.25) is 0 Å². The van der Waals surface area contributed by atoms with Crippen molar-refractivity contribution < 1.29 is 4.74 Å². The van der Waals surface area contributed by atoms with Crippen LogP contribution in [0.5, 0.6) is 5.75 Å². The first-order valence-corrected chi connectivity index (χ1v) is 10.0. The summed E-state index contributed by atoms with van der Waals surface area (Å²) in [4.78, 5) is 0. The number of aryl methyl sites for hydroxylation is 1. The molecule has 0 bridgehead atoms. The molecule has 0 aliphatic rings. The maximum atomic E-state index is 5.79. The Labute approximate surface area is 144 Å². The summed E-state index contributed by atoms with van der Waals surface area (Å²) in [6, 6.07) is 8.34. The van der Waals surface area contributed by atoms with Crippen molar-refractivity contribution >= 4 is 0 Å². The Balaban J connectivity index is 1.78. The fourth-order valence-electron chi connectivity index (χ4n) is 3.01. The number of benzene rings is 1. The molecular formula is C22H38O. The number of rotatable bonds is 15. The molecule has 0 spiro atoms. The van der Waals surface area contributed by atoms with E-state index < -0.39 is 0 Å². The SMILES string of the molecule is CCCCCCCCCCCCCCCOc1cccc(C)c1. The van der Waals surface area contributed by atoms with Gasteiger partial charge < -0.3 is 4.74 Å². The number of hydrogen-bond acceptors (Lipinski definition) is 1. The van der Waals surface area contributed by atoms with Gasteiger partial charge in [-0.15, -0.1) is 0 Å². The van der Waals surface area contributed by atoms with Crippen LogP contribution >= 0.6 is 0 Å². The highest BCUT2D eigenvalue weighted by molar-refractivity contribution is 5.27. The average Bonchev–Trinajstić information content (AvgIpc) is 2.55. The first kappa shape index (κ1) is 20.1. The predicted octanol–water partition coefficient (Wildman–Crippen LogP) is 7.47. The Morgan fingerprint density at radius 1 is 0.696 bits per heavy atom. The zero-order chi connectivity index (χ0) is 16.6. The van der Waals surface area contributed by atoms with E-state index in [1.807, 2.05) is 0 Å². The second kappa shape index (κ2) is 14.6. The van der Waals surface area contributed by atoms with Crippen LogP contribution in [0.3, 0.4) is 0 Å². The molecule has 0 amide bonds. The molecule has 0 aromatic heterocycles. The fraction of sp³-hybridized carbons (Fsp3) is 0.727. The summed E-state index contributed by atoms with van der Waals surface area (Å²) in [5.74, 6) is 1.02. The molecule has 1 aromatic rings. The van der Waals surface area contributed by atoms with Gasteiger partial charge in [-0.05, 0) is 31.0 Å². The fourth-order valence-corrected chi connectivity index (χ4v) is 3.01. The van der Waals surface area contributed by atoms with Gasteiger partial charge >= 0.3 is 0 Å². The van der Waals surface area contributed by atoms with Crippen molar-refractivity contribution in [1.82, 2.24) is 0 Å². The zero-order valence-electron chi connectivity index (χ0n) is 15.6. The Kier molecular flexibility index (Phi) is 12.7. The highest BCUT2D eigenvalue weighted by atomic mass is 16.5. The van der Waals surface area contributed by atoms with E-state index in [0.29, 0.717) is 0 Å². The van der Waals surface area contributed by atoms with Crippen LogP contribution in [0.1, 0.15) is 96.0 Å². The van der Waals surface area contributed by atoms with Crippen LogP contribution in [0.25, 0.3) is 0 Å². The molecular weight excluding hydrogens is 280 g/mol. The standard InChI is InChI=1S/C22H38O/c1-3-4-5-6-7-8-9-10-11-12-13-14-15-19-23-22-18-16-17-21(2)20-22/h16-18,20H,3-15,19H2,1-2H3. The first-order valence-electron chi connectivity index (χ1n) is 10.0. The first-order chi connectivity index (χ1) is 11.3. The van der Waals surface area contributed by atoms with E-state index in [2.05, 4.69) is 38.1 Å². The summed E-state index contributed by atoms with van der Waals surface area (Å²) < 4.78 is 5.79. The third-order valence-electron chi connectivity index (χ3n) is 4.51. The molecule has 0 saturated carbocycles. The van der Waals surface area contributed by atoms with Crippen molar-refractivity contribution in [2.24, 2.45) is 0 Å². The zero-order valence-corrected chi connectivity index (χ0v) is 15.6. The van der Waals surface area contributed by atoms with E-state index in [1.165, 1.54) is 89.0 Å². The van der Waals surface area contributed by atoms with Crippen molar-refractivity contribution in [3.05, 3.63) is 29.8 Å². The molecule has 1 rings (SSSR count). The molecule has 0 aliphatic heterocycles. The lowest BCUT2D eigenvalue weighted by molar-refractivity contribution is 0.304. The molecule has 1 heteroatoms. The minimum absolute atomic E-state index is 0.862. The maximum Gasteiger partial charge on any atom is 0.119 e. The average molecular weight is 319 g/mol. The molecule has 1 aromatic carbocycles. The Morgan fingerprint density at radius 2 is 1.22 bits per heavy atom. The van der Waals surface area contributed by atoms with Crippen molar-refractivity contribution in [2.75, 3.05) is 6.61 Å². The van der Waals surface area contributed by atoms with Gasteiger partial charge in [-0.1, -0.05) is 96.1 Å². The molecule has 0 aliphatic carbocycles. The van der Waals surface area contributed by atoms with Crippen LogP contribution in [-0.4, -0.2) is 6.61 Å². The summed E-state index contributed by atoms with van der Waals surface area (Å²) in [5, 5.41) is 0. The largest absolute Gasteiger partial charge is 0.494 e. The normalized spacial score (nSPS) is 10.9. The van der Waals surface area contributed by atoms with Crippen molar-refractivity contribution in [3.8, 4) is 5.75 Å².